The second-order valence-corrected chi connectivity index (χ2v) is 4.74. The summed E-state index contributed by atoms with van der Waals surface area (Å²) in [7, 11) is 0. The van der Waals surface area contributed by atoms with Crippen molar-refractivity contribution < 1.29 is 0 Å². The monoisotopic (exact) mass is 233 g/mol. The van der Waals surface area contributed by atoms with E-state index in [0.717, 1.165) is 17.1 Å². The van der Waals surface area contributed by atoms with Gasteiger partial charge in [0.15, 0.2) is 0 Å². The Hall–Kier alpha value is -1.42. The summed E-state index contributed by atoms with van der Waals surface area (Å²) in [5.41, 5.74) is 5.07. The molecule has 0 aliphatic rings. The molecule has 1 unspecified atom stereocenters. The number of nitrogens with one attached hydrogen (secondary N) is 1. The van der Waals surface area contributed by atoms with E-state index in [2.05, 4.69) is 28.3 Å². The van der Waals surface area contributed by atoms with Gasteiger partial charge in [0.1, 0.15) is 0 Å². The molecule has 2 aromatic rings. The molecule has 0 amide bonds. The average Bonchev–Trinajstić information content (AvgIpc) is 2.68. The minimum Gasteiger partial charge on any atom is -0.376 e. The van der Waals surface area contributed by atoms with E-state index in [0.29, 0.717) is 0 Å². The summed E-state index contributed by atoms with van der Waals surface area (Å²) >= 11 is 1.69. The van der Waals surface area contributed by atoms with Gasteiger partial charge in [0.2, 0.25) is 0 Å². The van der Waals surface area contributed by atoms with Gasteiger partial charge in [-0.1, -0.05) is 0 Å². The SMILES string of the molecule is Cc1ccc(NC(C)c2scnc2C)cn1. The van der Waals surface area contributed by atoms with Gasteiger partial charge in [0.05, 0.1) is 29.1 Å². The van der Waals surface area contributed by atoms with E-state index >= 15 is 0 Å². The van der Waals surface area contributed by atoms with E-state index in [4.69, 9.17) is 0 Å². The largest absolute Gasteiger partial charge is 0.376 e. The lowest BCUT2D eigenvalue weighted by molar-refractivity contribution is 0.888. The number of rotatable bonds is 3. The normalized spacial score (nSPS) is 12.4. The molecule has 4 heteroatoms. The molecular formula is C12H15N3S. The third-order valence-corrected chi connectivity index (χ3v) is 3.58. The molecule has 0 saturated heterocycles. The number of hydrogen-bond donors (Lipinski definition) is 1. The molecule has 3 nitrogen and oxygen atoms in total. The highest BCUT2D eigenvalue weighted by molar-refractivity contribution is 7.09. The number of aryl methyl sites for hydroxylation is 2. The van der Waals surface area contributed by atoms with Crippen molar-refractivity contribution in [1.82, 2.24) is 9.97 Å². The molecule has 0 radical (unpaired) electrons. The Morgan fingerprint density at radius 1 is 1.25 bits per heavy atom. The van der Waals surface area contributed by atoms with Crippen molar-refractivity contribution in [1.29, 1.82) is 0 Å². The van der Waals surface area contributed by atoms with E-state index in [-0.39, 0.29) is 6.04 Å². The zero-order valence-electron chi connectivity index (χ0n) is 9.69. The van der Waals surface area contributed by atoms with Crippen LogP contribution in [0.15, 0.2) is 23.8 Å². The van der Waals surface area contributed by atoms with Crippen LogP contribution in [0.2, 0.25) is 0 Å². The molecule has 0 bridgehead atoms. The van der Waals surface area contributed by atoms with E-state index in [9.17, 15) is 0 Å². The summed E-state index contributed by atoms with van der Waals surface area (Å²) in [4.78, 5) is 9.80. The first kappa shape index (κ1) is 11.1. The van der Waals surface area contributed by atoms with Crippen LogP contribution in [-0.4, -0.2) is 9.97 Å². The van der Waals surface area contributed by atoms with E-state index in [1.54, 1.807) is 11.3 Å². The first-order valence-electron chi connectivity index (χ1n) is 5.26. The molecule has 2 rings (SSSR count). The van der Waals surface area contributed by atoms with Crippen molar-refractivity contribution in [3.05, 3.63) is 40.1 Å². The van der Waals surface area contributed by atoms with Crippen LogP contribution in [0, 0.1) is 13.8 Å². The summed E-state index contributed by atoms with van der Waals surface area (Å²) in [6, 6.07) is 4.33. The molecule has 0 saturated carbocycles. The van der Waals surface area contributed by atoms with Crippen LogP contribution in [-0.2, 0) is 0 Å². The molecule has 2 aromatic heterocycles. The highest BCUT2D eigenvalue weighted by Gasteiger charge is 2.10. The van der Waals surface area contributed by atoms with Crippen LogP contribution in [0.3, 0.4) is 0 Å². The van der Waals surface area contributed by atoms with Crippen molar-refractivity contribution in [2.75, 3.05) is 5.32 Å². The van der Waals surface area contributed by atoms with Crippen LogP contribution in [0.25, 0.3) is 0 Å². The van der Waals surface area contributed by atoms with Crippen molar-refractivity contribution in [2.24, 2.45) is 0 Å². The highest BCUT2D eigenvalue weighted by Crippen LogP contribution is 2.24. The molecule has 2 heterocycles. The molecule has 84 valence electrons. The van der Waals surface area contributed by atoms with E-state index < -0.39 is 0 Å². The Morgan fingerprint density at radius 3 is 2.62 bits per heavy atom. The highest BCUT2D eigenvalue weighted by atomic mass is 32.1. The lowest BCUT2D eigenvalue weighted by Crippen LogP contribution is -2.06. The fourth-order valence-electron chi connectivity index (χ4n) is 1.60. The number of thiazole rings is 1. The molecule has 1 atom stereocenters. The van der Waals surface area contributed by atoms with Gasteiger partial charge in [-0.05, 0) is 32.9 Å². The Labute approximate surface area is 99.6 Å². The van der Waals surface area contributed by atoms with E-state index in [1.165, 1.54) is 4.88 Å². The second-order valence-electron chi connectivity index (χ2n) is 3.86. The molecular weight excluding hydrogens is 218 g/mol. The molecule has 0 aromatic carbocycles. The second kappa shape index (κ2) is 4.61. The lowest BCUT2D eigenvalue weighted by atomic mass is 10.2. The van der Waals surface area contributed by atoms with Crippen LogP contribution >= 0.6 is 11.3 Å². The summed E-state index contributed by atoms with van der Waals surface area (Å²) < 4.78 is 0. The number of pyridine rings is 1. The number of anilines is 1. The zero-order chi connectivity index (χ0) is 11.5. The fraction of sp³-hybridized carbons (Fsp3) is 0.333. The smallest absolute Gasteiger partial charge is 0.0798 e. The van der Waals surface area contributed by atoms with Crippen molar-refractivity contribution in [3.8, 4) is 0 Å². The maximum Gasteiger partial charge on any atom is 0.0798 e. The summed E-state index contributed by atoms with van der Waals surface area (Å²) in [6.07, 6.45) is 1.86. The van der Waals surface area contributed by atoms with Crippen LogP contribution in [0.5, 0.6) is 0 Å². The predicted molar refractivity (Wildman–Crippen MR) is 67.9 cm³/mol. The molecule has 1 N–H and O–H groups in total. The topological polar surface area (TPSA) is 37.8 Å². The molecule has 0 aliphatic heterocycles. The summed E-state index contributed by atoms with van der Waals surface area (Å²) in [6.45, 7) is 6.17. The molecule has 16 heavy (non-hydrogen) atoms. The van der Waals surface area contributed by atoms with Gasteiger partial charge in [-0.3, -0.25) is 4.98 Å². The van der Waals surface area contributed by atoms with Crippen LogP contribution in [0.4, 0.5) is 5.69 Å². The standard InChI is InChI=1S/C12H15N3S/c1-8-4-5-11(6-13-8)15-10(3)12-9(2)14-7-16-12/h4-7,10,15H,1-3H3. The fourth-order valence-corrected chi connectivity index (χ4v) is 2.41. The minimum absolute atomic E-state index is 0.275. The maximum absolute atomic E-state index is 4.26. The van der Waals surface area contributed by atoms with Crippen molar-refractivity contribution in [3.63, 3.8) is 0 Å². The molecule has 0 spiro atoms. The maximum atomic E-state index is 4.26. The third-order valence-electron chi connectivity index (χ3n) is 2.47. The molecule has 0 aliphatic carbocycles. The summed E-state index contributed by atoms with van der Waals surface area (Å²) in [5.74, 6) is 0. The minimum atomic E-state index is 0.275. The predicted octanol–water partition coefficient (Wildman–Crippen LogP) is 3.33. The molecule has 0 fully saturated rings. The van der Waals surface area contributed by atoms with Gasteiger partial charge >= 0.3 is 0 Å². The lowest BCUT2D eigenvalue weighted by Gasteiger charge is -2.14. The van der Waals surface area contributed by atoms with Gasteiger partial charge in [-0.2, -0.15) is 0 Å². The van der Waals surface area contributed by atoms with Gasteiger partial charge < -0.3 is 5.32 Å². The van der Waals surface area contributed by atoms with Crippen molar-refractivity contribution >= 4 is 17.0 Å². The Balaban J connectivity index is 2.10. The van der Waals surface area contributed by atoms with Gasteiger partial charge in [-0.25, -0.2) is 4.98 Å². The van der Waals surface area contributed by atoms with E-state index in [1.807, 2.05) is 31.6 Å². The first-order chi connectivity index (χ1) is 7.66. The average molecular weight is 233 g/mol. The number of hydrogen-bond acceptors (Lipinski definition) is 4. The zero-order valence-corrected chi connectivity index (χ0v) is 10.5. The summed E-state index contributed by atoms with van der Waals surface area (Å²) in [5, 5.41) is 3.42. The third kappa shape index (κ3) is 2.39. The Bertz CT molecular complexity index is 461. The first-order valence-corrected chi connectivity index (χ1v) is 6.14. The van der Waals surface area contributed by atoms with Crippen LogP contribution in [0.1, 0.15) is 29.2 Å². The van der Waals surface area contributed by atoms with Gasteiger partial charge in [-0.15, -0.1) is 11.3 Å². The van der Waals surface area contributed by atoms with Gasteiger partial charge in [0, 0.05) is 10.6 Å². The number of nitrogens with zero attached hydrogens (tertiary/aromatic N) is 2. The quantitative estimate of drug-likeness (QED) is 0.883. The van der Waals surface area contributed by atoms with Crippen LogP contribution < -0.4 is 5.32 Å². The number of aromatic nitrogens is 2. The Kier molecular flexibility index (Phi) is 3.19. The Morgan fingerprint density at radius 2 is 2.06 bits per heavy atom. The van der Waals surface area contributed by atoms with Crippen molar-refractivity contribution in [2.45, 2.75) is 26.8 Å². The van der Waals surface area contributed by atoms with Gasteiger partial charge in [0.25, 0.3) is 0 Å².